The molecule has 0 bridgehead atoms. The molecule has 0 saturated heterocycles. The summed E-state index contributed by atoms with van der Waals surface area (Å²) in [7, 11) is 0. The zero-order valence-electron chi connectivity index (χ0n) is 13.0. The molecule has 0 spiro atoms. The summed E-state index contributed by atoms with van der Waals surface area (Å²) in [6.07, 6.45) is -5.16. The predicted octanol–water partition coefficient (Wildman–Crippen LogP) is 3.97. The number of alkyl carbamates (subject to hydrolysis) is 1. The Hall–Kier alpha value is -1.25. The first-order valence-corrected chi connectivity index (χ1v) is 7.31. The summed E-state index contributed by atoms with van der Waals surface area (Å²) in [6, 6.07) is 0.892. The number of amides is 1. The summed E-state index contributed by atoms with van der Waals surface area (Å²) in [5.41, 5.74) is -2.50. The molecule has 126 valence electrons. The second-order valence-corrected chi connectivity index (χ2v) is 7.33. The molecule has 1 N–H and O–H groups in total. The number of ether oxygens (including phenoxy) is 1. The zero-order valence-corrected chi connectivity index (χ0v) is 14.6. The first-order valence-electron chi connectivity index (χ1n) is 6.51. The second-order valence-electron chi connectivity index (χ2n) is 6.52. The summed E-state index contributed by atoms with van der Waals surface area (Å²) in [5.74, 6) is 0. The number of nitrogens with zero attached hydrogens (tertiary/aromatic N) is 2. The number of hydrogen-bond donors (Lipinski definition) is 1. The topological polar surface area (TPSA) is 56.2 Å². The molecule has 0 aromatic carbocycles. The lowest BCUT2D eigenvalue weighted by atomic mass is 10.1. The fourth-order valence-corrected chi connectivity index (χ4v) is 2.06. The third kappa shape index (κ3) is 5.86. The van der Waals surface area contributed by atoms with Crippen LogP contribution in [-0.2, 0) is 17.5 Å². The Bertz CT molecular complexity index is 548. The Balaban J connectivity index is 2.80. The molecule has 9 heteroatoms. The van der Waals surface area contributed by atoms with Crippen LogP contribution in [0.15, 0.2) is 10.7 Å². The highest BCUT2D eigenvalue weighted by atomic mass is 79.9. The molecule has 0 aliphatic rings. The van der Waals surface area contributed by atoms with Crippen molar-refractivity contribution in [1.82, 2.24) is 15.1 Å². The standard InChI is InChI=1S/C13H19BrF3N3O2/c1-11(2,3)22-10(21)18-12(4,5)7-20-9(14)6-8(19-20)13(15,16)17/h6H,7H2,1-5H3,(H,18,21). The fraction of sp³-hybridized carbons (Fsp3) is 0.692. The minimum Gasteiger partial charge on any atom is -0.444 e. The minimum atomic E-state index is -4.52. The van der Waals surface area contributed by atoms with Gasteiger partial charge in [0, 0.05) is 6.07 Å². The van der Waals surface area contributed by atoms with Crippen molar-refractivity contribution < 1.29 is 22.7 Å². The Labute approximate surface area is 135 Å². The number of hydrogen-bond acceptors (Lipinski definition) is 3. The van der Waals surface area contributed by atoms with Crippen LogP contribution in [0.5, 0.6) is 0 Å². The van der Waals surface area contributed by atoms with E-state index in [9.17, 15) is 18.0 Å². The maximum atomic E-state index is 12.6. The highest BCUT2D eigenvalue weighted by Crippen LogP contribution is 2.30. The molecule has 1 aromatic rings. The molecule has 0 aliphatic heterocycles. The summed E-state index contributed by atoms with van der Waals surface area (Å²) >= 11 is 3.03. The van der Waals surface area contributed by atoms with Gasteiger partial charge >= 0.3 is 12.3 Å². The van der Waals surface area contributed by atoms with E-state index in [0.29, 0.717) is 0 Å². The van der Waals surface area contributed by atoms with Gasteiger partial charge in [0.05, 0.1) is 12.1 Å². The first kappa shape index (κ1) is 18.8. The second kappa shape index (κ2) is 6.10. The molecule has 22 heavy (non-hydrogen) atoms. The van der Waals surface area contributed by atoms with Gasteiger partial charge in [0.15, 0.2) is 5.69 Å². The van der Waals surface area contributed by atoms with Crippen molar-refractivity contribution in [2.75, 3.05) is 0 Å². The molecule has 0 saturated carbocycles. The number of nitrogens with one attached hydrogen (secondary N) is 1. The highest BCUT2D eigenvalue weighted by molar-refractivity contribution is 9.10. The molecule has 1 aromatic heterocycles. The largest absolute Gasteiger partial charge is 0.444 e. The molecule has 1 heterocycles. The maximum Gasteiger partial charge on any atom is 0.435 e. The van der Waals surface area contributed by atoms with E-state index >= 15 is 0 Å². The fourth-order valence-electron chi connectivity index (χ4n) is 1.64. The van der Waals surface area contributed by atoms with E-state index in [1.165, 1.54) is 0 Å². The normalized spacial score (nSPS) is 13.1. The highest BCUT2D eigenvalue weighted by Gasteiger charge is 2.35. The van der Waals surface area contributed by atoms with E-state index in [2.05, 4.69) is 26.3 Å². The van der Waals surface area contributed by atoms with Crippen molar-refractivity contribution in [2.45, 2.75) is 58.5 Å². The summed E-state index contributed by atoms with van der Waals surface area (Å²) < 4.78 is 44.3. The van der Waals surface area contributed by atoms with Gasteiger partial charge in [-0.15, -0.1) is 0 Å². The van der Waals surface area contributed by atoms with E-state index in [4.69, 9.17) is 4.74 Å². The van der Waals surface area contributed by atoms with Crippen LogP contribution in [0.3, 0.4) is 0 Å². The van der Waals surface area contributed by atoms with Gasteiger partial charge < -0.3 is 10.1 Å². The number of carbonyl (C=O) groups is 1. The van der Waals surface area contributed by atoms with Gasteiger partial charge in [0.2, 0.25) is 0 Å². The number of rotatable bonds is 3. The van der Waals surface area contributed by atoms with Gasteiger partial charge in [-0.25, -0.2) is 4.79 Å². The number of aromatic nitrogens is 2. The Morgan fingerprint density at radius 1 is 1.32 bits per heavy atom. The lowest BCUT2D eigenvalue weighted by Gasteiger charge is -2.28. The van der Waals surface area contributed by atoms with Crippen LogP contribution in [0.1, 0.15) is 40.3 Å². The third-order valence-corrected chi connectivity index (χ3v) is 3.04. The smallest absolute Gasteiger partial charge is 0.435 e. The van der Waals surface area contributed by atoms with E-state index in [1.54, 1.807) is 34.6 Å². The van der Waals surface area contributed by atoms with Crippen LogP contribution in [0.4, 0.5) is 18.0 Å². The zero-order chi connectivity index (χ0) is 17.3. The summed E-state index contributed by atoms with van der Waals surface area (Å²) in [6.45, 7) is 8.54. The first-order chi connectivity index (χ1) is 9.70. The van der Waals surface area contributed by atoms with Crippen LogP contribution < -0.4 is 5.32 Å². The van der Waals surface area contributed by atoms with Gasteiger partial charge in [-0.2, -0.15) is 18.3 Å². The number of alkyl halides is 3. The van der Waals surface area contributed by atoms with E-state index in [1.807, 2.05) is 0 Å². The molecule has 0 fully saturated rings. The predicted molar refractivity (Wildman–Crippen MR) is 78.4 cm³/mol. The SMILES string of the molecule is CC(C)(Cn1nc(C(F)(F)F)cc1Br)NC(=O)OC(C)(C)C. The number of halogens is 4. The van der Waals surface area contributed by atoms with Crippen molar-refractivity contribution >= 4 is 22.0 Å². The molecule has 0 aliphatic carbocycles. The maximum absolute atomic E-state index is 12.6. The lowest BCUT2D eigenvalue weighted by molar-refractivity contribution is -0.141. The van der Waals surface area contributed by atoms with Crippen molar-refractivity contribution in [3.63, 3.8) is 0 Å². The summed E-state index contributed by atoms with van der Waals surface area (Å²) in [4.78, 5) is 11.8. The van der Waals surface area contributed by atoms with Crippen LogP contribution >= 0.6 is 15.9 Å². The molecule has 1 rings (SSSR count). The Morgan fingerprint density at radius 2 is 1.86 bits per heavy atom. The average molecular weight is 386 g/mol. The molecular weight excluding hydrogens is 367 g/mol. The minimum absolute atomic E-state index is 0.0445. The van der Waals surface area contributed by atoms with Gasteiger partial charge in [0.25, 0.3) is 0 Å². The monoisotopic (exact) mass is 385 g/mol. The third-order valence-electron chi connectivity index (χ3n) is 2.41. The van der Waals surface area contributed by atoms with Gasteiger partial charge in [0.1, 0.15) is 10.2 Å². The molecule has 5 nitrogen and oxygen atoms in total. The lowest BCUT2D eigenvalue weighted by Crippen LogP contribution is -2.48. The van der Waals surface area contributed by atoms with Gasteiger partial charge in [-0.1, -0.05) is 0 Å². The van der Waals surface area contributed by atoms with Crippen molar-refractivity contribution in [1.29, 1.82) is 0 Å². The van der Waals surface area contributed by atoms with E-state index in [0.717, 1.165) is 10.7 Å². The quantitative estimate of drug-likeness (QED) is 0.856. The molecule has 0 unspecified atom stereocenters. The average Bonchev–Trinajstić information content (AvgIpc) is 2.54. The van der Waals surface area contributed by atoms with E-state index in [-0.39, 0.29) is 11.1 Å². The summed E-state index contributed by atoms with van der Waals surface area (Å²) in [5, 5.41) is 6.11. The van der Waals surface area contributed by atoms with Gasteiger partial charge in [-0.05, 0) is 50.5 Å². The number of carbonyl (C=O) groups excluding carboxylic acids is 1. The molecule has 0 radical (unpaired) electrons. The van der Waals surface area contributed by atoms with Gasteiger partial charge in [-0.3, -0.25) is 4.68 Å². The van der Waals surface area contributed by atoms with Crippen LogP contribution in [0.2, 0.25) is 0 Å². The molecule has 0 atom stereocenters. The van der Waals surface area contributed by atoms with Crippen LogP contribution in [0, 0.1) is 0 Å². The Kier molecular flexibility index (Phi) is 5.21. The van der Waals surface area contributed by atoms with Crippen LogP contribution in [-0.4, -0.2) is 27.0 Å². The Morgan fingerprint density at radius 3 is 2.27 bits per heavy atom. The van der Waals surface area contributed by atoms with Crippen LogP contribution in [0.25, 0.3) is 0 Å². The van der Waals surface area contributed by atoms with Crippen molar-refractivity contribution in [3.05, 3.63) is 16.4 Å². The van der Waals surface area contributed by atoms with Crippen molar-refractivity contribution in [3.8, 4) is 0 Å². The van der Waals surface area contributed by atoms with Crippen molar-refractivity contribution in [2.24, 2.45) is 0 Å². The molecular formula is C13H19BrF3N3O2. The molecule has 1 amide bonds. The van der Waals surface area contributed by atoms with E-state index < -0.39 is 29.1 Å².